The van der Waals surface area contributed by atoms with Gasteiger partial charge in [-0.25, -0.2) is 0 Å². The molecule has 2 heteroatoms. The Labute approximate surface area is 101 Å². The lowest BCUT2D eigenvalue weighted by Gasteiger charge is -2.02. The van der Waals surface area contributed by atoms with E-state index in [1.54, 1.807) is 6.08 Å². The maximum absolute atomic E-state index is 5.38. The van der Waals surface area contributed by atoms with Crippen molar-refractivity contribution in [2.24, 2.45) is 0 Å². The van der Waals surface area contributed by atoms with Crippen molar-refractivity contribution < 1.29 is 9.47 Å². The van der Waals surface area contributed by atoms with E-state index >= 15 is 0 Å². The minimum absolute atomic E-state index is 0.305. The zero-order chi connectivity index (χ0) is 12.8. The van der Waals surface area contributed by atoms with E-state index < -0.39 is 0 Å². The fourth-order valence-corrected chi connectivity index (χ4v) is 0.720. The molecule has 0 N–H and O–H groups in total. The second kappa shape index (κ2) is 14.0. The SMILES string of the molecule is C=C/C(=C\C=C/C)OCC1CO1.CC.CC. The molecule has 0 aromatic heterocycles. The molecule has 0 aromatic carbocycles. The van der Waals surface area contributed by atoms with Gasteiger partial charge in [0.2, 0.25) is 0 Å². The molecule has 0 aromatic rings. The Morgan fingerprint density at radius 3 is 2.31 bits per heavy atom. The molecule has 1 aliphatic rings. The lowest BCUT2D eigenvalue weighted by atomic mass is 10.4. The minimum Gasteiger partial charge on any atom is -0.491 e. The third-order valence-electron chi connectivity index (χ3n) is 1.49. The number of hydrogen-bond acceptors (Lipinski definition) is 2. The largest absolute Gasteiger partial charge is 0.491 e. The number of hydrogen-bond donors (Lipinski definition) is 0. The first-order chi connectivity index (χ1) is 7.86. The molecule has 0 saturated carbocycles. The van der Waals surface area contributed by atoms with Crippen LogP contribution in [-0.4, -0.2) is 19.3 Å². The smallest absolute Gasteiger partial charge is 0.118 e. The van der Waals surface area contributed by atoms with Crippen LogP contribution in [0.4, 0.5) is 0 Å². The number of ether oxygens (including phenoxy) is 2. The highest BCUT2D eigenvalue weighted by atomic mass is 16.6. The van der Waals surface area contributed by atoms with Crippen LogP contribution < -0.4 is 0 Å². The predicted octanol–water partition coefficient (Wildman–Crippen LogP) is 4.10. The van der Waals surface area contributed by atoms with Crippen LogP contribution in [0.25, 0.3) is 0 Å². The molecule has 1 atom stereocenters. The number of rotatable bonds is 5. The van der Waals surface area contributed by atoms with E-state index in [0.717, 1.165) is 12.4 Å². The van der Waals surface area contributed by atoms with Gasteiger partial charge in [-0.1, -0.05) is 46.4 Å². The zero-order valence-corrected chi connectivity index (χ0v) is 11.3. The second-order valence-corrected chi connectivity index (χ2v) is 2.57. The maximum atomic E-state index is 5.38. The summed E-state index contributed by atoms with van der Waals surface area (Å²) >= 11 is 0. The molecule has 1 saturated heterocycles. The molecule has 1 aliphatic heterocycles. The lowest BCUT2D eigenvalue weighted by molar-refractivity contribution is 0.193. The van der Waals surface area contributed by atoms with Gasteiger partial charge in [0.1, 0.15) is 18.5 Å². The van der Waals surface area contributed by atoms with Crippen molar-refractivity contribution in [2.45, 2.75) is 40.7 Å². The van der Waals surface area contributed by atoms with Crippen molar-refractivity contribution in [3.05, 3.63) is 36.6 Å². The van der Waals surface area contributed by atoms with Gasteiger partial charge in [-0.15, -0.1) is 0 Å². The summed E-state index contributed by atoms with van der Waals surface area (Å²) in [7, 11) is 0. The summed E-state index contributed by atoms with van der Waals surface area (Å²) in [5.41, 5.74) is 0. The average molecular weight is 226 g/mol. The molecule has 1 fully saturated rings. The second-order valence-electron chi connectivity index (χ2n) is 2.57. The van der Waals surface area contributed by atoms with Crippen molar-refractivity contribution in [1.82, 2.24) is 0 Å². The van der Waals surface area contributed by atoms with Crippen molar-refractivity contribution in [3.63, 3.8) is 0 Å². The van der Waals surface area contributed by atoms with Crippen LogP contribution in [0.1, 0.15) is 34.6 Å². The van der Waals surface area contributed by atoms with Crippen LogP contribution in [0.5, 0.6) is 0 Å². The van der Waals surface area contributed by atoms with Crippen LogP contribution in [0.2, 0.25) is 0 Å². The topological polar surface area (TPSA) is 21.8 Å². The minimum atomic E-state index is 0.305. The van der Waals surface area contributed by atoms with Crippen LogP contribution in [0.15, 0.2) is 36.6 Å². The van der Waals surface area contributed by atoms with E-state index in [1.807, 2.05) is 52.8 Å². The highest BCUT2D eigenvalue weighted by Crippen LogP contribution is 2.11. The molecule has 0 spiro atoms. The van der Waals surface area contributed by atoms with Gasteiger partial charge in [0, 0.05) is 0 Å². The summed E-state index contributed by atoms with van der Waals surface area (Å²) in [4.78, 5) is 0. The zero-order valence-electron chi connectivity index (χ0n) is 11.3. The van der Waals surface area contributed by atoms with Gasteiger partial charge in [0.25, 0.3) is 0 Å². The Morgan fingerprint density at radius 2 is 1.94 bits per heavy atom. The summed E-state index contributed by atoms with van der Waals surface area (Å²) in [5, 5.41) is 0. The molecule has 1 rings (SSSR count). The highest BCUT2D eigenvalue weighted by Gasteiger charge is 2.22. The van der Waals surface area contributed by atoms with Gasteiger partial charge in [0.15, 0.2) is 0 Å². The van der Waals surface area contributed by atoms with Crippen molar-refractivity contribution in [1.29, 1.82) is 0 Å². The summed E-state index contributed by atoms with van der Waals surface area (Å²) in [6, 6.07) is 0. The summed E-state index contributed by atoms with van der Waals surface area (Å²) in [5.74, 6) is 0.795. The molecule has 1 heterocycles. The first-order valence-electron chi connectivity index (χ1n) is 6.06. The van der Waals surface area contributed by atoms with E-state index in [4.69, 9.17) is 9.47 Å². The Bertz CT molecular complexity index is 201. The van der Waals surface area contributed by atoms with Gasteiger partial charge in [0.05, 0.1) is 6.61 Å². The molecule has 0 amide bonds. The fraction of sp³-hybridized carbons (Fsp3) is 0.571. The van der Waals surface area contributed by atoms with Crippen LogP contribution in [-0.2, 0) is 9.47 Å². The predicted molar refractivity (Wildman–Crippen MR) is 71.5 cm³/mol. The van der Waals surface area contributed by atoms with Gasteiger partial charge >= 0.3 is 0 Å². The molecule has 0 bridgehead atoms. The standard InChI is InChI=1S/C10H14O2.2C2H6/c1-3-5-6-9(4-2)11-7-10-8-12-10;2*1-2/h3-6,10H,2,7-8H2,1H3;2*1-2H3/b5-3-,9-6+;;. The normalized spacial score (nSPS) is 17.8. The van der Waals surface area contributed by atoms with E-state index in [9.17, 15) is 0 Å². The van der Waals surface area contributed by atoms with E-state index in [2.05, 4.69) is 6.58 Å². The Morgan fingerprint density at radius 1 is 1.38 bits per heavy atom. The fourth-order valence-electron chi connectivity index (χ4n) is 0.720. The molecule has 16 heavy (non-hydrogen) atoms. The molecule has 94 valence electrons. The van der Waals surface area contributed by atoms with Crippen LogP contribution >= 0.6 is 0 Å². The first-order valence-corrected chi connectivity index (χ1v) is 6.06. The van der Waals surface area contributed by atoms with E-state index in [-0.39, 0.29) is 0 Å². The Kier molecular flexibility index (Phi) is 15.2. The molecule has 2 nitrogen and oxygen atoms in total. The summed E-state index contributed by atoms with van der Waals surface area (Å²) in [6.45, 7) is 15.1. The first kappa shape index (κ1) is 17.4. The van der Waals surface area contributed by atoms with Crippen LogP contribution in [0.3, 0.4) is 0 Å². The van der Waals surface area contributed by atoms with Crippen LogP contribution in [0, 0.1) is 0 Å². The van der Waals surface area contributed by atoms with Crippen molar-refractivity contribution in [3.8, 4) is 0 Å². The average Bonchev–Trinajstić information content (AvgIpc) is 3.18. The highest BCUT2D eigenvalue weighted by molar-refractivity contribution is 5.16. The number of epoxide rings is 1. The monoisotopic (exact) mass is 226 g/mol. The molecule has 0 radical (unpaired) electrons. The Balaban J connectivity index is 0. The summed E-state index contributed by atoms with van der Waals surface area (Å²) < 4.78 is 10.4. The lowest BCUT2D eigenvalue weighted by Crippen LogP contribution is -1.99. The van der Waals surface area contributed by atoms with Gasteiger partial charge in [-0.3, -0.25) is 0 Å². The molecular weight excluding hydrogens is 200 g/mol. The number of allylic oxidation sites excluding steroid dienone is 4. The summed E-state index contributed by atoms with van der Waals surface area (Å²) in [6.07, 6.45) is 7.75. The van der Waals surface area contributed by atoms with Crippen molar-refractivity contribution >= 4 is 0 Å². The van der Waals surface area contributed by atoms with E-state index in [1.165, 1.54) is 0 Å². The Hall–Kier alpha value is -1.02. The van der Waals surface area contributed by atoms with Gasteiger partial charge in [-0.05, 0) is 19.1 Å². The molecular formula is C14H26O2. The van der Waals surface area contributed by atoms with Gasteiger partial charge in [-0.2, -0.15) is 0 Å². The quantitative estimate of drug-likeness (QED) is 0.400. The third-order valence-corrected chi connectivity index (χ3v) is 1.49. The van der Waals surface area contributed by atoms with Gasteiger partial charge < -0.3 is 9.47 Å². The molecule has 0 aliphatic carbocycles. The van der Waals surface area contributed by atoms with E-state index in [0.29, 0.717) is 12.7 Å². The molecule has 1 unspecified atom stereocenters. The van der Waals surface area contributed by atoms with Crippen molar-refractivity contribution in [2.75, 3.05) is 13.2 Å². The maximum Gasteiger partial charge on any atom is 0.118 e. The third kappa shape index (κ3) is 11.1.